The van der Waals surface area contributed by atoms with Gasteiger partial charge in [-0.15, -0.1) is 6.58 Å². The monoisotopic (exact) mass is 185 g/mol. The molecule has 5 heteroatoms. The predicted octanol–water partition coefficient (Wildman–Crippen LogP) is 2.05. The minimum Gasteiger partial charge on any atom is -0.311 e. The van der Waals surface area contributed by atoms with Crippen molar-refractivity contribution in [2.24, 2.45) is 0 Å². The van der Waals surface area contributed by atoms with Crippen LogP contribution in [-0.4, -0.2) is 25.4 Å². The van der Waals surface area contributed by atoms with Crippen molar-refractivity contribution < 1.29 is 17.6 Å². The van der Waals surface area contributed by atoms with E-state index in [2.05, 4.69) is 11.9 Å². The highest BCUT2D eigenvalue weighted by Gasteiger charge is 2.39. The van der Waals surface area contributed by atoms with Crippen LogP contribution < -0.4 is 5.32 Å². The van der Waals surface area contributed by atoms with E-state index in [-0.39, 0.29) is 6.54 Å². The Morgan fingerprint density at radius 3 is 2.42 bits per heavy atom. The van der Waals surface area contributed by atoms with Gasteiger partial charge in [0.2, 0.25) is 0 Å². The average Bonchev–Trinajstić information content (AvgIpc) is 1.98. The van der Waals surface area contributed by atoms with Crippen LogP contribution in [0.5, 0.6) is 0 Å². The van der Waals surface area contributed by atoms with Crippen LogP contribution in [0, 0.1) is 0 Å². The molecule has 0 spiro atoms. The summed E-state index contributed by atoms with van der Waals surface area (Å²) in [5.74, 6) is -3.93. The van der Waals surface area contributed by atoms with E-state index in [1.165, 1.54) is 6.08 Å². The van der Waals surface area contributed by atoms with E-state index in [1.54, 1.807) is 0 Å². The second-order valence-electron chi connectivity index (χ2n) is 2.32. The van der Waals surface area contributed by atoms with Gasteiger partial charge in [0, 0.05) is 0 Å². The Hall–Kier alpha value is -0.580. The Morgan fingerprint density at radius 1 is 1.42 bits per heavy atom. The molecule has 0 saturated heterocycles. The Balaban J connectivity index is 3.54. The molecule has 0 aliphatic carbocycles. The second-order valence-corrected chi connectivity index (χ2v) is 2.32. The van der Waals surface area contributed by atoms with Gasteiger partial charge in [0.05, 0.1) is 6.54 Å². The van der Waals surface area contributed by atoms with Crippen molar-refractivity contribution in [3.05, 3.63) is 12.7 Å². The first-order valence-electron chi connectivity index (χ1n) is 3.48. The summed E-state index contributed by atoms with van der Waals surface area (Å²) >= 11 is 0. The van der Waals surface area contributed by atoms with Crippen LogP contribution in [0.4, 0.5) is 17.6 Å². The summed E-state index contributed by atoms with van der Waals surface area (Å²) in [5, 5.41) is 2.21. The van der Waals surface area contributed by atoms with Crippen LogP contribution in [0.2, 0.25) is 0 Å². The highest BCUT2D eigenvalue weighted by molar-refractivity contribution is 4.74. The molecule has 0 aromatic carbocycles. The zero-order valence-corrected chi connectivity index (χ0v) is 6.49. The summed E-state index contributed by atoms with van der Waals surface area (Å²) in [6.45, 7) is 2.61. The first-order chi connectivity index (χ1) is 5.50. The van der Waals surface area contributed by atoms with Gasteiger partial charge in [-0.25, -0.2) is 8.78 Å². The van der Waals surface area contributed by atoms with Gasteiger partial charge in [0.1, 0.15) is 0 Å². The number of halogens is 4. The lowest BCUT2D eigenvalue weighted by Gasteiger charge is -2.15. The Labute approximate surface area is 68.5 Å². The Morgan fingerprint density at radius 2 is 2.00 bits per heavy atom. The lowest BCUT2D eigenvalue weighted by atomic mass is 10.3. The molecule has 0 aliphatic rings. The zero-order valence-electron chi connectivity index (χ0n) is 6.49. The van der Waals surface area contributed by atoms with Crippen LogP contribution >= 0.6 is 0 Å². The maximum absolute atomic E-state index is 12.1. The molecule has 0 aliphatic heterocycles. The maximum Gasteiger partial charge on any atom is 0.319 e. The third kappa shape index (κ3) is 4.33. The molecular weight excluding hydrogens is 174 g/mol. The van der Waals surface area contributed by atoms with Gasteiger partial charge in [0.15, 0.2) is 0 Å². The number of hydrogen-bond donors (Lipinski definition) is 1. The van der Waals surface area contributed by atoms with E-state index < -0.39 is 18.9 Å². The molecule has 0 unspecified atom stereocenters. The predicted molar refractivity (Wildman–Crippen MR) is 38.6 cm³/mol. The lowest BCUT2D eigenvalue weighted by molar-refractivity contribution is -0.125. The largest absolute Gasteiger partial charge is 0.319 e. The van der Waals surface area contributed by atoms with Crippen molar-refractivity contribution in [2.45, 2.75) is 18.8 Å². The van der Waals surface area contributed by atoms with Gasteiger partial charge in [0.25, 0.3) is 0 Å². The average molecular weight is 185 g/mol. The highest BCUT2D eigenvalue weighted by atomic mass is 19.3. The lowest BCUT2D eigenvalue weighted by Crippen LogP contribution is -2.39. The van der Waals surface area contributed by atoms with E-state index >= 15 is 0 Å². The number of alkyl halides is 4. The van der Waals surface area contributed by atoms with Gasteiger partial charge in [-0.1, -0.05) is 6.08 Å². The maximum atomic E-state index is 12.1. The Kier molecular flexibility index (Phi) is 4.89. The van der Waals surface area contributed by atoms with E-state index in [9.17, 15) is 17.6 Å². The molecule has 72 valence electrons. The van der Waals surface area contributed by atoms with Crippen molar-refractivity contribution >= 4 is 0 Å². The van der Waals surface area contributed by atoms with E-state index in [0.29, 0.717) is 6.42 Å². The van der Waals surface area contributed by atoms with Gasteiger partial charge >= 0.3 is 12.3 Å². The van der Waals surface area contributed by atoms with Crippen molar-refractivity contribution in [3.63, 3.8) is 0 Å². The van der Waals surface area contributed by atoms with Gasteiger partial charge < -0.3 is 5.32 Å². The molecule has 1 N–H and O–H groups in total. The number of rotatable bonds is 6. The molecule has 0 atom stereocenters. The van der Waals surface area contributed by atoms with Crippen LogP contribution in [0.1, 0.15) is 6.42 Å². The molecule has 1 nitrogen and oxygen atoms in total. The molecule has 0 bridgehead atoms. The summed E-state index contributed by atoms with van der Waals surface area (Å²) in [6.07, 6.45) is -1.60. The molecule has 0 saturated carbocycles. The fourth-order valence-electron chi connectivity index (χ4n) is 0.536. The number of nitrogens with one attached hydrogen (secondary N) is 1. The molecule has 0 amide bonds. The quantitative estimate of drug-likeness (QED) is 0.379. The highest BCUT2D eigenvalue weighted by Crippen LogP contribution is 2.21. The molecule has 0 radical (unpaired) electrons. The SMILES string of the molecule is C=CCCNCC(F)(F)C(F)F. The van der Waals surface area contributed by atoms with Crippen LogP contribution in [0.15, 0.2) is 12.7 Å². The third-order valence-corrected chi connectivity index (χ3v) is 1.21. The van der Waals surface area contributed by atoms with Crippen molar-refractivity contribution in [1.82, 2.24) is 5.32 Å². The molecule has 0 aromatic heterocycles. The fourth-order valence-corrected chi connectivity index (χ4v) is 0.536. The molecule has 0 rings (SSSR count). The summed E-state index contributed by atoms with van der Waals surface area (Å²) in [4.78, 5) is 0. The minimum absolute atomic E-state index is 0.242. The van der Waals surface area contributed by atoms with Crippen LogP contribution in [-0.2, 0) is 0 Å². The molecule has 12 heavy (non-hydrogen) atoms. The van der Waals surface area contributed by atoms with Crippen LogP contribution in [0.25, 0.3) is 0 Å². The van der Waals surface area contributed by atoms with E-state index in [0.717, 1.165) is 0 Å². The summed E-state index contributed by atoms with van der Waals surface area (Å²) in [5.41, 5.74) is 0. The van der Waals surface area contributed by atoms with Gasteiger partial charge in [-0.05, 0) is 13.0 Å². The fraction of sp³-hybridized carbons (Fsp3) is 0.714. The smallest absolute Gasteiger partial charge is 0.311 e. The topological polar surface area (TPSA) is 12.0 Å². The molecule has 0 heterocycles. The minimum atomic E-state index is -3.93. The first-order valence-corrected chi connectivity index (χ1v) is 3.48. The Bertz CT molecular complexity index is 135. The number of hydrogen-bond acceptors (Lipinski definition) is 1. The molecule has 0 aromatic rings. The van der Waals surface area contributed by atoms with Crippen molar-refractivity contribution in [3.8, 4) is 0 Å². The van der Waals surface area contributed by atoms with Gasteiger partial charge in [-0.2, -0.15) is 8.78 Å². The summed E-state index contributed by atoms with van der Waals surface area (Å²) in [7, 11) is 0. The molecular formula is C7H11F4N. The van der Waals surface area contributed by atoms with Crippen LogP contribution in [0.3, 0.4) is 0 Å². The zero-order chi connectivity index (χ0) is 9.61. The summed E-state index contributed by atoms with van der Waals surface area (Å²) < 4.78 is 47.3. The molecule has 0 fully saturated rings. The van der Waals surface area contributed by atoms with E-state index in [4.69, 9.17) is 0 Å². The van der Waals surface area contributed by atoms with Crippen molar-refractivity contribution in [1.29, 1.82) is 0 Å². The third-order valence-electron chi connectivity index (χ3n) is 1.21. The normalized spacial score (nSPS) is 12.1. The van der Waals surface area contributed by atoms with Crippen molar-refractivity contribution in [2.75, 3.05) is 13.1 Å². The first kappa shape index (κ1) is 11.4. The summed E-state index contributed by atoms with van der Waals surface area (Å²) in [6, 6.07) is 0. The second kappa shape index (κ2) is 5.13. The standard InChI is InChI=1S/C7H11F4N/c1-2-3-4-12-5-7(10,11)6(8)9/h2,6,12H,1,3-5H2. The van der Waals surface area contributed by atoms with E-state index in [1.807, 2.05) is 0 Å². The van der Waals surface area contributed by atoms with Gasteiger partial charge in [-0.3, -0.25) is 0 Å².